The van der Waals surface area contributed by atoms with Gasteiger partial charge >= 0.3 is 5.97 Å². The molecule has 0 aromatic carbocycles. The summed E-state index contributed by atoms with van der Waals surface area (Å²) in [5, 5.41) is 17.6. The average Bonchev–Trinajstić information content (AvgIpc) is 2.76. The van der Waals surface area contributed by atoms with E-state index >= 15 is 0 Å². The molecule has 1 aromatic heterocycles. The molecule has 0 fully saturated rings. The van der Waals surface area contributed by atoms with Crippen molar-refractivity contribution in [3.8, 4) is 0 Å². The molecular formula is C11H21N5O2S. The van der Waals surface area contributed by atoms with Crippen LogP contribution in [-0.4, -0.2) is 70.7 Å². The van der Waals surface area contributed by atoms with E-state index in [1.165, 1.54) is 11.8 Å². The number of hydrogen-bond acceptors (Lipinski definition) is 6. The SMILES string of the molecule is CCn1c(SCC(=O)O)nnc1N(C)CCN(C)C. The first-order chi connectivity index (χ1) is 8.95. The number of anilines is 1. The van der Waals surface area contributed by atoms with Crippen molar-refractivity contribution >= 4 is 23.7 Å². The summed E-state index contributed by atoms with van der Waals surface area (Å²) in [5.41, 5.74) is 0. The van der Waals surface area contributed by atoms with Gasteiger partial charge in [0.05, 0.1) is 5.75 Å². The molecular weight excluding hydrogens is 266 g/mol. The molecule has 19 heavy (non-hydrogen) atoms. The quantitative estimate of drug-likeness (QED) is 0.697. The molecule has 0 aliphatic carbocycles. The zero-order valence-electron chi connectivity index (χ0n) is 11.8. The molecule has 7 nitrogen and oxygen atoms in total. The van der Waals surface area contributed by atoms with Crippen molar-refractivity contribution in [2.75, 3.05) is 44.9 Å². The van der Waals surface area contributed by atoms with Crippen LogP contribution >= 0.6 is 11.8 Å². The number of hydrogen-bond donors (Lipinski definition) is 1. The molecule has 1 aromatic rings. The van der Waals surface area contributed by atoms with Gasteiger partial charge in [-0.15, -0.1) is 10.2 Å². The minimum absolute atomic E-state index is 0.000451. The van der Waals surface area contributed by atoms with E-state index in [1.54, 1.807) is 0 Å². The van der Waals surface area contributed by atoms with Gasteiger partial charge in [0.25, 0.3) is 0 Å². The largest absolute Gasteiger partial charge is 0.481 e. The van der Waals surface area contributed by atoms with E-state index in [9.17, 15) is 4.79 Å². The van der Waals surface area contributed by atoms with Gasteiger partial charge in [-0.2, -0.15) is 0 Å². The summed E-state index contributed by atoms with van der Waals surface area (Å²) in [6.07, 6.45) is 0. The molecule has 0 saturated carbocycles. The van der Waals surface area contributed by atoms with Gasteiger partial charge in [0, 0.05) is 26.7 Å². The van der Waals surface area contributed by atoms with Crippen LogP contribution in [0.25, 0.3) is 0 Å². The summed E-state index contributed by atoms with van der Waals surface area (Å²) in [6.45, 7) is 4.48. The number of nitrogens with zero attached hydrogens (tertiary/aromatic N) is 5. The van der Waals surface area contributed by atoms with Crippen LogP contribution in [0.4, 0.5) is 5.95 Å². The van der Waals surface area contributed by atoms with E-state index in [-0.39, 0.29) is 5.75 Å². The molecule has 108 valence electrons. The fourth-order valence-corrected chi connectivity index (χ4v) is 2.24. The predicted octanol–water partition coefficient (Wildman–Crippen LogP) is 0.473. The molecule has 0 saturated heterocycles. The Labute approximate surface area is 117 Å². The van der Waals surface area contributed by atoms with Crippen LogP contribution in [0.1, 0.15) is 6.92 Å². The minimum atomic E-state index is -0.849. The number of aromatic nitrogens is 3. The Morgan fingerprint density at radius 3 is 2.53 bits per heavy atom. The lowest BCUT2D eigenvalue weighted by atomic mass is 10.5. The van der Waals surface area contributed by atoms with Crippen LogP contribution < -0.4 is 4.90 Å². The second-order valence-electron chi connectivity index (χ2n) is 4.43. The summed E-state index contributed by atoms with van der Waals surface area (Å²) < 4.78 is 1.93. The summed E-state index contributed by atoms with van der Waals surface area (Å²) in [7, 11) is 6.00. The zero-order valence-corrected chi connectivity index (χ0v) is 12.6. The number of thioether (sulfide) groups is 1. The molecule has 0 atom stereocenters. The third-order valence-corrected chi connectivity index (χ3v) is 3.51. The Kier molecular flexibility index (Phi) is 6.10. The summed E-state index contributed by atoms with van der Waals surface area (Å²) >= 11 is 1.20. The number of carbonyl (C=O) groups is 1. The molecule has 8 heteroatoms. The van der Waals surface area contributed by atoms with Crippen LogP contribution in [0.5, 0.6) is 0 Å². The van der Waals surface area contributed by atoms with Crippen molar-refractivity contribution in [1.29, 1.82) is 0 Å². The zero-order chi connectivity index (χ0) is 14.4. The van der Waals surface area contributed by atoms with E-state index < -0.39 is 5.97 Å². The topological polar surface area (TPSA) is 74.5 Å². The Morgan fingerprint density at radius 1 is 1.32 bits per heavy atom. The third-order valence-electron chi connectivity index (χ3n) is 2.56. The van der Waals surface area contributed by atoms with E-state index in [4.69, 9.17) is 5.11 Å². The lowest BCUT2D eigenvalue weighted by molar-refractivity contribution is -0.133. The maximum absolute atomic E-state index is 10.6. The maximum Gasteiger partial charge on any atom is 0.313 e. The smallest absolute Gasteiger partial charge is 0.313 e. The van der Waals surface area contributed by atoms with Gasteiger partial charge in [-0.25, -0.2) is 0 Å². The van der Waals surface area contributed by atoms with Crippen LogP contribution in [0.3, 0.4) is 0 Å². The lowest BCUT2D eigenvalue weighted by Crippen LogP contribution is -2.30. The molecule has 0 aliphatic rings. The van der Waals surface area contributed by atoms with Gasteiger partial charge in [-0.05, 0) is 21.0 Å². The predicted molar refractivity (Wildman–Crippen MR) is 75.9 cm³/mol. The van der Waals surface area contributed by atoms with Crippen molar-refractivity contribution in [2.45, 2.75) is 18.6 Å². The maximum atomic E-state index is 10.6. The van der Waals surface area contributed by atoms with Crippen molar-refractivity contribution in [3.05, 3.63) is 0 Å². The van der Waals surface area contributed by atoms with Crippen molar-refractivity contribution < 1.29 is 9.90 Å². The van der Waals surface area contributed by atoms with Crippen molar-refractivity contribution in [3.63, 3.8) is 0 Å². The highest BCUT2D eigenvalue weighted by Gasteiger charge is 2.15. The molecule has 0 radical (unpaired) electrons. The van der Waals surface area contributed by atoms with Crippen molar-refractivity contribution in [1.82, 2.24) is 19.7 Å². The standard InChI is InChI=1S/C11H21N5O2S/c1-5-16-10(15(4)7-6-14(2)3)12-13-11(16)19-8-9(17)18/h5-8H2,1-4H3,(H,17,18). The highest BCUT2D eigenvalue weighted by Crippen LogP contribution is 2.20. The second-order valence-corrected chi connectivity index (χ2v) is 5.38. The second kappa shape index (κ2) is 7.34. The Hall–Kier alpha value is -1.28. The van der Waals surface area contributed by atoms with Crippen molar-refractivity contribution in [2.24, 2.45) is 0 Å². The van der Waals surface area contributed by atoms with E-state index in [2.05, 4.69) is 15.1 Å². The Bertz CT molecular complexity index is 421. The third kappa shape index (κ3) is 4.71. The Morgan fingerprint density at radius 2 is 2.00 bits per heavy atom. The Balaban J connectivity index is 2.75. The molecule has 0 aliphatic heterocycles. The fourth-order valence-electron chi connectivity index (χ4n) is 1.52. The van der Waals surface area contributed by atoms with E-state index in [0.717, 1.165) is 25.6 Å². The monoisotopic (exact) mass is 287 g/mol. The molecule has 1 rings (SSSR count). The first-order valence-electron chi connectivity index (χ1n) is 6.09. The molecule has 0 unspecified atom stereocenters. The first kappa shape index (κ1) is 15.8. The number of likely N-dealkylation sites (N-methyl/N-ethyl adjacent to an activating group) is 2. The van der Waals surface area contributed by atoms with Gasteiger partial charge in [-0.1, -0.05) is 11.8 Å². The van der Waals surface area contributed by atoms with Gasteiger partial charge in [0.1, 0.15) is 0 Å². The summed E-state index contributed by atoms with van der Waals surface area (Å²) in [5.74, 6) is -0.0742. The van der Waals surface area contributed by atoms with Gasteiger partial charge in [-0.3, -0.25) is 9.36 Å². The average molecular weight is 287 g/mol. The van der Waals surface area contributed by atoms with Gasteiger partial charge < -0.3 is 14.9 Å². The van der Waals surface area contributed by atoms with Crippen LogP contribution in [0, 0.1) is 0 Å². The molecule has 0 amide bonds. The molecule has 1 N–H and O–H groups in total. The van der Waals surface area contributed by atoms with Crippen LogP contribution in [0.2, 0.25) is 0 Å². The fraction of sp³-hybridized carbons (Fsp3) is 0.727. The van der Waals surface area contributed by atoms with Crippen LogP contribution in [-0.2, 0) is 11.3 Å². The highest BCUT2D eigenvalue weighted by molar-refractivity contribution is 7.99. The van der Waals surface area contributed by atoms with E-state index in [1.807, 2.05) is 37.5 Å². The molecule has 0 spiro atoms. The number of carboxylic acid groups (broad SMARTS) is 1. The number of rotatable bonds is 8. The minimum Gasteiger partial charge on any atom is -0.481 e. The summed E-state index contributed by atoms with van der Waals surface area (Å²) in [4.78, 5) is 14.7. The molecule has 1 heterocycles. The first-order valence-corrected chi connectivity index (χ1v) is 7.08. The normalized spacial score (nSPS) is 11.0. The lowest BCUT2D eigenvalue weighted by Gasteiger charge is -2.20. The number of carboxylic acids is 1. The van der Waals surface area contributed by atoms with Gasteiger partial charge in [0.2, 0.25) is 5.95 Å². The highest BCUT2D eigenvalue weighted by atomic mass is 32.2. The summed E-state index contributed by atoms with van der Waals surface area (Å²) in [6, 6.07) is 0. The van der Waals surface area contributed by atoms with Gasteiger partial charge in [0.15, 0.2) is 5.16 Å². The van der Waals surface area contributed by atoms with Crippen LogP contribution in [0.15, 0.2) is 5.16 Å². The molecule has 0 bridgehead atoms. The number of aliphatic carboxylic acids is 1. The van der Waals surface area contributed by atoms with E-state index in [0.29, 0.717) is 5.16 Å².